The number of ether oxygens (including phenoxy) is 2. The summed E-state index contributed by atoms with van der Waals surface area (Å²) in [6.07, 6.45) is -11.1. The van der Waals surface area contributed by atoms with E-state index in [4.69, 9.17) is 26.7 Å². The Hall–Kier alpha value is -2.59. The van der Waals surface area contributed by atoms with E-state index in [1.165, 1.54) is 0 Å². The third-order valence-corrected chi connectivity index (χ3v) is 6.40. The Morgan fingerprint density at radius 2 is 1.23 bits per heavy atom. The molecule has 17 N–H and O–H groups in total. The Morgan fingerprint density at radius 3 is 1.73 bits per heavy atom. The van der Waals surface area contributed by atoms with E-state index < -0.39 is 85.7 Å². The molecule has 1 heterocycles. The fourth-order valence-corrected chi connectivity index (χ4v) is 4.40. The minimum atomic E-state index is -1.73. The Bertz CT molecular complexity index is 815. The van der Waals surface area contributed by atoms with E-state index in [9.17, 15) is 39.9 Å². The Labute approximate surface area is 230 Å². The Balaban J connectivity index is 2.25. The van der Waals surface area contributed by atoms with Crippen molar-refractivity contribution in [1.29, 1.82) is 0 Å². The van der Waals surface area contributed by atoms with Gasteiger partial charge >= 0.3 is 18.1 Å². The van der Waals surface area contributed by atoms with E-state index in [0.29, 0.717) is 0 Å². The number of amides is 6. The van der Waals surface area contributed by atoms with Crippen LogP contribution in [-0.4, -0.2) is 151 Å². The topological polar surface area (TPSA) is 321 Å². The van der Waals surface area contributed by atoms with Gasteiger partial charge in [0.05, 0.1) is 24.7 Å². The number of nitrogens with two attached hydrogens (primary N) is 3. The van der Waals surface area contributed by atoms with Crippen LogP contribution in [0.2, 0.25) is 0 Å². The normalized spacial score (nSPS) is 33.9. The highest BCUT2D eigenvalue weighted by Gasteiger charge is 2.51. The predicted octanol–water partition coefficient (Wildman–Crippen LogP) is -7.18. The summed E-state index contributed by atoms with van der Waals surface area (Å²) in [6, 6.07) is -5.62. The van der Waals surface area contributed by atoms with Crippen LogP contribution < -0.4 is 49.1 Å². The lowest BCUT2D eigenvalue weighted by molar-refractivity contribution is -0.307. The number of rotatable bonds is 12. The van der Waals surface area contributed by atoms with Crippen LogP contribution in [0.4, 0.5) is 14.4 Å². The molecule has 2 fully saturated rings. The zero-order valence-electron chi connectivity index (χ0n) is 21.9. The molecular weight excluding hydrogens is 538 g/mol. The number of carbonyl (C=O) groups is 3. The standard InChI is InChI=1S/C21H43N9O10/c22-1-4-25-19(36)28-9-7-10(29-20(37)26-5-2-23)17(16(35)13(9)32)40-18-15(34)12(14(33)11(8-31)39-18)30-21(38)27-6-3-24/h9-18,31-35H,1-8,22-24H2,(H2,25,28,36)(H2,26,29,37)(H2,27,30,38). The number of aliphatic hydroxyl groups excluding tert-OH is 5. The summed E-state index contributed by atoms with van der Waals surface area (Å²) in [7, 11) is 0. The smallest absolute Gasteiger partial charge is 0.315 e. The van der Waals surface area contributed by atoms with Crippen molar-refractivity contribution in [3.05, 3.63) is 0 Å². The van der Waals surface area contributed by atoms with Gasteiger partial charge in [0.1, 0.15) is 36.6 Å². The molecule has 0 spiro atoms. The van der Waals surface area contributed by atoms with Gasteiger partial charge in [-0.25, -0.2) is 14.4 Å². The quantitative estimate of drug-likeness (QED) is 0.102. The minimum absolute atomic E-state index is 0.107. The number of aliphatic hydroxyl groups is 5. The zero-order valence-corrected chi connectivity index (χ0v) is 21.9. The summed E-state index contributed by atoms with van der Waals surface area (Å²) in [5.74, 6) is 0. The fraction of sp³-hybridized carbons (Fsp3) is 0.857. The lowest BCUT2D eigenvalue weighted by atomic mass is 9.83. The molecule has 1 saturated carbocycles. The summed E-state index contributed by atoms with van der Waals surface area (Å²) in [4.78, 5) is 36.8. The van der Waals surface area contributed by atoms with Crippen LogP contribution in [0.1, 0.15) is 6.42 Å². The van der Waals surface area contributed by atoms with Gasteiger partial charge in [-0.2, -0.15) is 0 Å². The van der Waals surface area contributed by atoms with Crippen molar-refractivity contribution in [3.8, 4) is 0 Å². The van der Waals surface area contributed by atoms with Gasteiger partial charge in [0.15, 0.2) is 6.29 Å². The molecule has 0 radical (unpaired) electrons. The van der Waals surface area contributed by atoms with Gasteiger partial charge in [-0.3, -0.25) is 0 Å². The average Bonchev–Trinajstić information content (AvgIpc) is 2.93. The predicted molar refractivity (Wildman–Crippen MR) is 137 cm³/mol. The van der Waals surface area contributed by atoms with Crippen LogP contribution in [0, 0.1) is 0 Å². The van der Waals surface area contributed by atoms with Crippen molar-refractivity contribution < 1.29 is 49.4 Å². The molecule has 0 bridgehead atoms. The van der Waals surface area contributed by atoms with Gasteiger partial charge in [-0.1, -0.05) is 0 Å². The maximum absolute atomic E-state index is 12.4. The summed E-state index contributed by atoms with van der Waals surface area (Å²) >= 11 is 0. The third kappa shape index (κ3) is 9.23. The van der Waals surface area contributed by atoms with E-state index in [1.54, 1.807) is 0 Å². The monoisotopic (exact) mass is 581 g/mol. The molecule has 40 heavy (non-hydrogen) atoms. The van der Waals surface area contributed by atoms with Crippen molar-refractivity contribution in [1.82, 2.24) is 31.9 Å². The van der Waals surface area contributed by atoms with Gasteiger partial charge in [0.2, 0.25) is 0 Å². The molecule has 10 unspecified atom stereocenters. The van der Waals surface area contributed by atoms with Crippen LogP contribution in [0.25, 0.3) is 0 Å². The molecule has 19 nitrogen and oxygen atoms in total. The number of carbonyl (C=O) groups excluding carboxylic acids is 3. The van der Waals surface area contributed by atoms with Gasteiger partial charge in [-0.05, 0) is 6.42 Å². The van der Waals surface area contributed by atoms with Crippen molar-refractivity contribution in [3.63, 3.8) is 0 Å². The second-order valence-electron chi connectivity index (χ2n) is 9.33. The van der Waals surface area contributed by atoms with Crippen molar-refractivity contribution in [2.45, 2.75) is 67.5 Å². The molecule has 232 valence electrons. The Kier molecular flexibility index (Phi) is 14.0. The molecule has 2 aliphatic rings. The molecule has 0 aromatic heterocycles. The molecule has 0 aromatic rings. The van der Waals surface area contributed by atoms with E-state index >= 15 is 0 Å². The van der Waals surface area contributed by atoms with E-state index in [1.807, 2.05) is 0 Å². The fourth-order valence-electron chi connectivity index (χ4n) is 4.40. The number of hydrogen-bond acceptors (Lipinski definition) is 13. The largest absolute Gasteiger partial charge is 0.394 e. The average molecular weight is 582 g/mol. The first-order chi connectivity index (χ1) is 19.1. The van der Waals surface area contributed by atoms with E-state index in [0.717, 1.165) is 0 Å². The van der Waals surface area contributed by atoms with Crippen LogP contribution in [0.5, 0.6) is 0 Å². The minimum Gasteiger partial charge on any atom is -0.394 e. The number of urea groups is 3. The van der Waals surface area contributed by atoms with Crippen LogP contribution in [0.15, 0.2) is 0 Å². The first-order valence-electron chi connectivity index (χ1n) is 12.9. The van der Waals surface area contributed by atoms with Crippen LogP contribution in [0.3, 0.4) is 0 Å². The summed E-state index contributed by atoms with van der Waals surface area (Å²) in [6.45, 7) is 0.110. The summed E-state index contributed by atoms with van der Waals surface area (Å²) in [5.41, 5.74) is 16.1. The van der Waals surface area contributed by atoms with Crippen molar-refractivity contribution in [2.75, 3.05) is 45.9 Å². The van der Waals surface area contributed by atoms with Crippen molar-refractivity contribution >= 4 is 18.1 Å². The van der Waals surface area contributed by atoms with E-state index in [2.05, 4.69) is 31.9 Å². The second kappa shape index (κ2) is 16.6. The molecule has 1 aliphatic carbocycles. The highest BCUT2D eigenvalue weighted by Crippen LogP contribution is 2.29. The third-order valence-electron chi connectivity index (χ3n) is 6.40. The highest BCUT2D eigenvalue weighted by atomic mass is 16.7. The number of hydrogen-bond donors (Lipinski definition) is 14. The van der Waals surface area contributed by atoms with Gasteiger partial charge in [0, 0.05) is 39.3 Å². The van der Waals surface area contributed by atoms with Gasteiger partial charge in [0.25, 0.3) is 0 Å². The lowest BCUT2D eigenvalue weighted by Gasteiger charge is -2.47. The highest BCUT2D eigenvalue weighted by molar-refractivity contribution is 5.75. The van der Waals surface area contributed by atoms with Crippen LogP contribution in [-0.2, 0) is 9.47 Å². The maximum Gasteiger partial charge on any atom is 0.315 e. The molecule has 10 atom stereocenters. The second-order valence-corrected chi connectivity index (χ2v) is 9.33. The SMILES string of the molecule is NCCNC(=O)NC1CC(NC(=O)NCCN)C(OC2OC(CO)C(O)C(NC(=O)NCCN)C2O)C(O)C1O. The van der Waals surface area contributed by atoms with Crippen molar-refractivity contribution in [2.24, 2.45) is 17.2 Å². The lowest BCUT2D eigenvalue weighted by Crippen LogP contribution is -2.70. The van der Waals surface area contributed by atoms with Gasteiger partial charge in [-0.15, -0.1) is 0 Å². The summed E-state index contributed by atoms with van der Waals surface area (Å²) < 4.78 is 11.3. The molecule has 2 rings (SSSR count). The number of nitrogens with one attached hydrogen (secondary N) is 6. The molecule has 6 amide bonds. The van der Waals surface area contributed by atoms with Crippen LogP contribution >= 0.6 is 0 Å². The summed E-state index contributed by atoms with van der Waals surface area (Å²) in [5, 5.41) is 67.7. The molecular formula is C21H43N9O10. The van der Waals surface area contributed by atoms with E-state index in [-0.39, 0.29) is 45.7 Å². The molecule has 19 heteroatoms. The molecule has 1 saturated heterocycles. The zero-order chi connectivity index (χ0) is 29.8. The first kappa shape index (κ1) is 33.6. The maximum atomic E-state index is 12.4. The van der Waals surface area contributed by atoms with Gasteiger partial charge < -0.3 is 84.1 Å². The molecule has 0 aromatic carbocycles. The first-order valence-corrected chi connectivity index (χ1v) is 12.9. The molecule has 1 aliphatic heterocycles. The Morgan fingerprint density at radius 1 is 0.725 bits per heavy atom.